The van der Waals surface area contributed by atoms with Gasteiger partial charge in [0.2, 0.25) is 5.91 Å². The van der Waals surface area contributed by atoms with Gasteiger partial charge in [-0.05, 0) is 32.0 Å². The number of nitrogens with one attached hydrogen (secondary N) is 1. The zero-order valence-electron chi connectivity index (χ0n) is 13.9. The summed E-state index contributed by atoms with van der Waals surface area (Å²) in [6, 6.07) is 1.67. The molecule has 1 atom stereocenters. The maximum atomic E-state index is 13.5. The summed E-state index contributed by atoms with van der Waals surface area (Å²) >= 11 is 5.95. The highest BCUT2D eigenvalue weighted by Gasteiger charge is 2.42. The molecule has 2 fully saturated rings. The smallest absolute Gasteiger partial charge is 0.255 e. The number of nitrogens with zero attached hydrogens (tertiary/aromatic N) is 2. The van der Waals surface area contributed by atoms with Gasteiger partial charge in [0.05, 0.1) is 10.6 Å². The normalized spacial score (nSPS) is 25.0. The Hall–Kier alpha value is -1.73. The number of carbonyl (C=O) groups excluding carboxylic acids is 2. The summed E-state index contributed by atoms with van der Waals surface area (Å²) in [5.74, 6) is -2.58. The molecule has 2 heterocycles. The van der Waals surface area contributed by atoms with Crippen molar-refractivity contribution in [3.8, 4) is 0 Å². The van der Waals surface area contributed by atoms with Gasteiger partial charge in [-0.3, -0.25) is 14.5 Å². The molecule has 2 amide bonds. The molecular weight excluding hydrogens is 352 g/mol. The minimum atomic E-state index is -1.10. The molecule has 136 valence electrons. The summed E-state index contributed by atoms with van der Waals surface area (Å²) in [7, 11) is 1.99. The molecule has 1 spiro atoms. The van der Waals surface area contributed by atoms with E-state index >= 15 is 0 Å². The molecule has 0 bridgehead atoms. The first-order valence-corrected chi connectivity index (χ1v) is 8.62. The number of halogens is 3. The maximum absolute atomic E-state index is 13.5. The van der Waals surface area contributed by atoms with E-state index in [9.17, 15) is 18.4 Å². The van der Waals surface area contributed by atoms with E-state index in [0.717, 1.165) is 18.6 Å². The lowest BCUT2D eigenvalue weighted by Crippen LogP contribution is -2.62. The van der Waals surface area contributed by atoms with Crippen molar-refractivity contribution in [3.05, 3.63) is 34.4 Å². The van der Waals surface area contributed by atoms with Gasteiger partial charge in [0.1, 0.15) is 0 Å². The van der Waals surface area contributed by atoms with Gasteiger partial charge in [0.25, 0.3) is 5.91 Å². The van der Waals surface area contributed by atoms with Crippen LogP contribution in [0, 0.1) is 11.6 Å². The molecule has 2 aliphatic rings. The van der Waals surface area contributed by atoms with Crippen LogP contribution < -0.4 is 5.32 Å². The quantitative estimate of drug-likeness (QED) is 0.769. The zero-order chi connectivity index (χ0) is 18.2. The molecule has 5 nitrogen and oxygen atoms in total. The summed E-state index contributed by atoms with van der Waals surface area (Å²) in [6.07, 6.45) is 1.77. The van der Waals surface area contributed by atoms with Crippen molar-refractivity contribution in [1.29, 1.82) is 0 Å². The average molecular weight is 372 g/mol. The number of benzene rings is 1. The number of likely N-dealkylation sites (N-methyl/N-ethyl adjacent to an activating group) is 1. The first kappa shape index (κ1) is 18.1. The van der Waals surface area contributed by atoms with Crippen LogP contribution in [0.1, 0.15) is 29.6 Å². The van der Waals surface area contributed by atoms with Crippen molar-refractivity contribution < 1.29 is 18.4 Å². The first-order chi connectivity index (χ1) is 11.8. The lowest BCUT2D eigenvalue weighted by atomic mass is 9.86. The van der Waals surface area contributed by atoms with Crippen LogP contribution in [0.3, 0.4) is 0 Å². The zero-order valence-corrected chi connectivity index (χ0v) is 14.7. The molecule has 0 unspecified atom stereocenters. The minimum absolute atomic E-state index is 0.0115. The molecule has 2 saturated heterocycles. The van der Waals surface area contributed by atoms with Crippen LogP contribution in [0.15, 0.2) is 12.1 Å². The Morgan fingerprint density at radius 2 is 1.96 bits per heavy atom. The lowest BCUT2D eigenvalue weighted by Gasteiger charge is -2.49. The minimum Gasteiger partial charge on any atom is -0.356 e. The van der Waals surface area contributed by atoms with Gasteiger partial charge in [0, 0.05) is 38.1 Å². The summed E-state index contributed by atoms with van der Waals surface area (Å²) in [5.41, 5.74) is -0.346. The molecule has 8 heteroatoms. The van der Waals surface area contributed by atoms with Gasteiger partial charge < -0.3 is 10.2 Å². The Morgan fingerprint density at radius 3 is 2.72 bits per heavy atom. The molecule has 25 heavy (non-hydrogen) atoms. The first-order valence-electron chi connectivity index (χ1n) is 8.24. The maximum Gasteiger partial charge on any atom is 0.255 e. The van der Waals surface area contributed by atoms with Crippen LogP contribution in [0.25, 0.3) is 0 Å². The standard InChI is InChI=1S/C17H20ClF2N3O2/c1-22-6-7-23(10-17(22)3-2-15(24)21-5-4-17)16(25)11-8-13(19)14(20)9-12(11)18/h8-9H,2-7,10H2,1H3,(H,21,24)/t17-/m0/s1. The Labute approximate surface area is 149 Å². The van der Waals surface area contributed by atoms with Gasteiger partial charge in [-0.2, -0.15) is 0 Å². The van der Waals surface area contributed by atoms with Crippen molar-refractivity contribution in [2.24, 2.45) is 0 Å². The molecule has 0 saturated carbocycles. The summed E-state index contributed by atoms with van der Waals surface area (Å²) in [5, 5.41) is 2.75. The highest BCUT2D eigenvalue weighted by atomic mass is 35.5. The predicted octanol–water partition coefficient (Wildman–Crippen LogP) is 2.04. The van der Waals surface area contributed by atoms with Crippen molar-refractivity contribution in [3.63, 3.8) is 0 Å². The number of hydrogen-bond acceptors (Lipinski definition) is 3. The van der Waals surface area contributed by atoms with Crippen LogP contribution in [0.2, 0.25) is 5.02 Å². The molecule has 1 aromatic carbocycles. The third kappa shape index (κ3) is 3.48. The van der Waals surface area contributed by atoms with Crippen LogP contribution in [-0.4, -0.2) is 60.4 Å². The second-order valence-electron chi connectivity index (χ2n) is 6.72. The Balaban J connectivity index is 1.84. The van der Waals surface area contributed by atoms with Gasteiger partial charge in [-0.25, -0.2) is 8.78 Å². The number of hydrogen-bond donors (Lipinski definition) is 1. The SMILES string of the molecule is CN1CCN(C(=O)c2cc(F)c(F)cc2Cl)C[C@]12CCNC(=O)CC2. The molecule has 0 aromatic heterocycles. The van der Waals surface area contributed by atoms with Crippen molar-refractivity contribution in [2.75, 3.05) is 33.2 Å². The predicted molar refractivity (Wildman–Crippen MR) is 89.5 cm³/mol. The third-order valence-electron chi connectivity index (χ3n) is 5.26. The molecule has 2 aliphatic heterocycles. The van der Waals surface area contributed by atoms with E-state index in [1.165, 1.54) is 0 Å². The van der Waals surface area contributed by atoms with Crippen molar-refractivity contribution in [1.82, 2.24) is 15.1 Å². The van der Waals surface area contributed by atoms with E-state index in [1.807, 2.05) is 7.05 Å². The highest BCUT2D eigenvalue weighted by Crippen LogP contribution is 2.32. The molecule has 1 aromatic rings. The van der Waals surface area contributed by atoms with E-state index in [4.69, 9.17) is 11.6 Å². The van der Waals surface area contributed by atoms with Crippen LogP contribution in [-0.2, 0) is 4.79 Å². The van der Waals surface area contributed by atoms with E-state index in [2.05, 4.69) is 10.2 Å². The molecule has 1 N–H and O–H groups in total. The van der Waals surface area contributed by atoms with Gasteiger partial charge in [-0.1, -0.05) is 11.6 Å². The number of carbonyl (C=O) groups is 2. The van der Waals surface area contributed by atoms with E-state index in [1.54, 1.807) is 4.90 Å². The second-order valence-corrected chi connectivity index (χ2v) is 7.13. The van der Waals surface area contributed by atoms with Gasteiger partial charge in [0.15, 0.2) is 11.6 Å². The van der Waals surface area contributed by atoms with E-state index < -0.39 is 17.5 Å². The van der Waals surface area contributed by atoms with Gasteiger partial charge >= 0.3 is 0 Å². The Morgan fingerprint density at radius 1 is 1.24 bits per heavy atom. The highest BCUT2D eigenvalue weighted by molar-refractivity contribution is 6.33. The lowest BCUT2D eigenvalue weighted by molar-refractivity contribution is -0.121. The fourth-order valence-corrected chi connectivity index (χ4v) is 3.86. The van der Waals surface area contributed by atoms with Gasteiger partial charge in [-0.15, -0.1) is 0 Å². The summed E-state index contributed by atoms with van der Waals surface area (Å²) in [6.45, 7) is 2.08. The van der Waals surface area contributed by atoms with Crippen LogP contribution in [0.5, 0.6) is 0 Å². The molecular formula is C17H20ClF2N3O2. The molecule has 0 aliphatic carbocycles. The molecule has 3 rings (SSSR count). The Bertz CT molecular complexity index is 715. The second kappa shape index (κ2) is 6.88. The topological polar surface area (TPSA) is 52.6 Å². The fraction of sp³-hybridized carbons (Fsp3) is 0.529. The number of rotatable bonds is 1. The Kier molecular flexibility index (Phi) is 4.97. The average Bonchev–Trinajstić information content (AvgIpc) is 2.76. The third-order valence-corrected chi connectivity index (χ3v) is 5.57. The van der Waals surface area contributed by atoms with E-state index in [0.29, 0.717) is 39.0 Å². The van der Waals surface area contributed by atoms with E-state index in [-0.39, 0.29) is 22.0 Å². The van der Waals surface area contributed by atoms with Crippen LogP contribution >= 0.6 is 11.6 Å². The number of piperazine rings is 1. The molecule has 0 radical (unpaired) electrons. The van der Waals surface area contributed by atoms with Crippen LogP contribution in [0.4, 0.5) is 8.78 Å². The van der Waals surface area contributed by atoms with Crippen molar-refractivity contribution >= 4 is 23.4 Å². The summed E-state index contributed by atoms with van der Waals surface area (Å²) < 4.78 is 26.8. The largest absolute Gasteiger partial charge is 0.356 e. The number of amides is 2. The fourth-order valence-electron chi connectivity index (χ4n) is 3.63. The summed E-state index contributed by atoms with van der Waals surface area (Å²) in [4.78, 5) is 28.3. The monoisotopic (exact) mass is 371 g/mol. The van der Waals surface area contributed by atoms with Crippen molar-refractivity contribution in [2.45, 2.75) is 24.8 Å².